The Labute approximate surface area is 126 Å². The Morgan fingerprint density at radius 1 is 1.14 bits per heavy atom. The predicted octanol–water partition coefficient (Wildman–Crippen LogP) is 3.22. The van der Waals surface area contributed by atoms with Crippen molar-refractivity contribution in [2.24, 2.45) is 0 Å². The van der Waals surface area contributed by atoms with E-state index in [1.165, 1.54) is 31.4 Å². The average molecular weight is 299 g/mol. The van der Waals surface area contributed by atoms with Crippen LogP contribution in [0.4, 0.5) is 5.69 Å². The fourth-order valence-corrected chi connectivity index (χ4v) is 1.75. The first-order chi connectivity index (χ1) is 10.6. The SMILES string of the molecule is COc1ccccc1OC(=O)/C=C/c1cccc([N+](=O)[O-])c1. The highest BCUT2D eigenvalue weighted by Gasteiger charge is 2.07. The third kappa shape index (κ3) is 3.92. The summed E-state index contributed by atoms with van der Waals surface area (Å²) in [6.07, 6.45) is 2.65. The minimum atomic E-state index is -0.601. The van der Waals surface area contributed by atoms with Crippen molar-refractivity contribution in [2.75, 3.05) is 7.11 Å². The molecule has 0 saturated heterocycles. The van der Waals surface area contributed by atoms with Crippen LogP contribution in [0.2, 0.25) is 0 Å². The van der Waals surface area contributed by atoms with Crippen molar-refractivity contribution in [3.05, 3.63) is 70.3 Å². The van der Waals surface area contributed by atoms with Gasteiger partial charge in [-0.25, -0.2) is 4.79 Å². The standard InChI is InChI=1S/C16H13NO5/c1-21-14-7-2-3-8-15(14)22-16(18)10-9-12-5-4-6-13(11-12)17(19)20/h2-11H,1H3/b10-9+. The Bertz CT molecular complexity index is 724. The summed E-state index contributed by atoms with van der Waals surface area (Å²) in [4.78, 5) is 22.0. The van der Waals surface area contributed by atoms with Crippen LogP contribution in [-0.4, -0.2) is 18.0 Å². The van der Waals surface area contributed by atoms with E-state index >= 15 is 0 Å². The van der Waals surface area contributed by atoms with E-state index in [0.717, 1.165) is 0 Å². The molecular formula is C16H13NO5. The maximum Gasteiger partial charge on any atom is 0.336 e. The van der Waals surface area contributed by atoms with Crippen LogP contribution in [0.5, 0.6) is 11.5 Å². The van der Waals surface area contributed by atoms with Gasteiger partial charge in [0.25, 0.3) is 5.69 Å². The second-order valence-electron chi connectivity index (χ2n) is 4.26. The number of ether oxygens (including phenoxy) is 2. The molecule has 0 aliphatic rings. The Morgan fingerprint density at radius 3 is 2.55 bits per heavy atom. The molecule has 2 aromatic rings. The number of para-hydroxylation sites is 2. The van der Waals surface area contributed by atoms with Crippen LogP contribution in [0.15, 0.2) is 54.6 Å². The molecule has 0 aromatic heterocycles. The lowest BCUT2D eigenvalue weighted by Crippen LogP contribution is -2.04. The van der Waals surface area contributed by atoms with Gasteiger partial charge in [0.2, 0.25) is 0 Å². The Morgan fingerprint density at radius 2 is 1.86 bits per heavy atom. The summed E-state index contributed by atoms with van der Waals surface area (Å²) in [6, 6.07) is 12.7. The number of carbonyl (C=O) groups excluding carboxylic acids is 1. The molecular weight excluding hydrogens is 286 g/mol. The Balaban J connectivity index is 2.08. The fraction of sp³-hybridized carbons (Fsp3) is 0.0625. The molecule has 0 fully saturated rings. The number of hydrogen-bond acceptors (Lipinski definition) is 5. The summed E-state index contributed by atoms with van der Waals surface area (Å²) in [5, 5.41) is 10.7. The highest BCUT2D eigenvalue weighted by atomic mass is 16.6. The van der Waals surface area contributed by atoms with Crippen LogP contribution in [-0.2, 0) is 4.79 Å². The van der Waals surface area contributed by atoms with Gasteiger partial charge in [-0.05, 0) is 23.8 Å². The normalized spacial score (nSPS) is 10.4. The van der Waals surface area contributed by atoms with Crippen molar-refractivity contribution in [3.63, 3.8) is 0 Å². The number of nitro groups is 1. The third-order valence-corrected chi connectivity index (χ3v) is 2.77. The summed E-state index contributed by atoms with van der Waals surface area (Å²) < 4.78 is 10.2. The summed E-state index contributed by atoms with van der Waals surface area (Å²) in [5.41, 5.74) is 0.492. The molecule has 0 atom stereocenters. The lowest BCUT2D eigenvalue weighted by molar-refractivity contribution is -0.384. The van der Waals surface area contributed by atoms with E-state index in [-0.39, 0.29) is 5.69 Å². The van der Waals surface area contributed by atoms with Crippen molar-refractivity contribution in [1.82, 2.24) is 0 Å². The van der Waals surface area contributed by atoms with Gasteiger partial charge in [-0.2, -0.15) is 0 Å². The minimum absolute atomic E-state index is 0.0414. The largest absolute Gasteiger partial charge is 0.493 e. The number of nitro benzene ring substituents is 1. The molecule has 0 heterocycles. The van der Waals surface area contributed by atoms with Gasteiger partial charge in [0, 0.05) is 18.2 Å². The molecule has 0 aliphatic carbocycles. The van der Waals surface area contributed by atoms with Gasteiger partial charge in [-0.1, -0.05) is 24.3 Å². The van der Waals surface area contributed by atoms with Crippen LogP contribution >= 0.6 is 0 Å². The maximum absolute atomic E-state index is 11.8. The van der Waals surface area contributed by atoms with Gasteiger partial charge >= 0.3 is 5.97 Å². The number of methoxy groups -OCH3 is 1. The predicted molar refractivity (Wildman–Crippen MR) is 80.8 cm³/mol. The molecule has 0 N–H and O–H groups in total. The number of rotatable bonds is 5. The van der Waals surface area contributed by atoms with Crippen LogP contribution in [0.1, 0.15) is 5.56 Å². The highest BCUT2D eigenvalue weighted by molar-refractivity contribution is 5.89. The zero-order chi connectivity index (χ0) is 15.9. The third-order valence-electron chi connectivity index (χ3n) is 2.77. The van der Waals surface area contributed by atoms with E-state index in [9.17, 15) is 14.9 Å². The first-order valence-corrected chi connectivity index (χ1v) is 6.37. The first kappa shape index (κ1) is 15.2. The number of carbonyl (C=O) groups is 1. The summed E-state index contributed by atoms with van der Waals surface area (Å²) in [6.45, 7) is 0. The fourth-order valence-electron chi connectivity index (χ4n) is 1.75. The van der Waals surface area contributed by atoms with Crippen LogP contribution < -0.4 is 9.47 Å². The van der Waals surface area contributed by atoms with Crippen molar-refractivity contribution in [2.45, 2.75) is 0 Å². The van der Waals surface area contributed by atoms with Crippen molar-refractivity contribution >= 4 is 17.7 Å². The molecule has 2 aromatic carbocycles. The minimum Gasteiger partial charge on any atom is -0.493 e. The molecule has 112 valence electrons. The smallest absolute Gasteiger partial charge is 0.336 e. The molecule has 0 spiro atoms. The topological polar surface area (TPSA) is 78.7 Å². The zero-order valence-electron chi connectivity index (χ0n) is 11.8. The van der Waals surface area contributed by atoms with Crippen LogP contribution in [0.3, 0.4) is 0 Å². The monoisotopic (exact) mass is 299 g/mol. The number of esters is 1. The van der Waals surface area contributed by atoms with E-state index < -0.39 is 10.9 Å². The maximum atomic E-state index is 11.8. The quantitative estimate of drug-likeness (QED) is 0.278. The molecule has 2 rings (SSSR count). The van der Waals surface area contributed by atoms with Crippen molar-refractivity contribution < 1.29 is 19.2 Å². The number of non-ortho nitro benzene ring substituents is 1. The number of nitrogens with zero attached hydrogens (tertiary/aromatic N) is 1. The van der Waals surface area contributed by atoms with Crippen LogP contribution in [0, 0.1) is 10.1 Å². The Hall–Kier alpha value is -3.15. The molecule has 0 radical (unpaired) electrons. The lowest BCUT2D eigenvalue weighted by atomic mass is 10.2. The molecule has 22 heavy (non-hydrogen) atoms. The molecule has 0 saturated carbocycles. The van der Waals surface area contributed by atoms with E-state index in [1.54, 1.807) is 36.4 Å². The molecule has 0 bridgehead atoms. The zero-order valence-corrected chi connectivity index (χ0v) is 11.8. The van der Waals surface area contributed by atoms with E-state index in [4.69, 9.17) is 9.47 Å². The second kappa shape index (κ2) is 7.03. The Kier molecular flexibility index (Phi) is 4.87. The van der Waals surface area contributed by atoms with Crippen molar-refractivity contribution in [3.8, 4) is 11.5 Å². The van der Waals surface area contributed by atoms with Gasteiger partial charge in [-0.15, -0.1) is 0 Å². The van der Waals surface area contributed by atoms with Gasteiger partial charge in [-0.3, -0.25) is 10.1 Å². The van der Waals surface area contributed by atoms with Gasteiger partial charge < -0.3 is 9.47 Å². The van der Waals surface area contributed by atoms with Crippen molar-refractivity contribution in [1.29, 1.82) is 0 Å². The van der Waals surface area contributed by atoms with Gasteiger partial charge in [0.15, 0.2) is 11.5 Å². The lowest BCUT2D eigenvalue weighted by Gasteiger charge is -2.06. The van der Waals surface area contributed by atoms with E-state index in [1.807, 2.05) is 0 Å². The van der Waals surface area contributed by atoms with E-state index in [2.05, 4.69) is 0 Å². The van der Waals surface area contributed by atoms with Gasteiger partial charge in [0.1, 0.15) is 0 Å². The first-order valence-electron chi connectivity index (χ1n) is 6.37. The molecule has 0 aliphatic heterocycles. The van der Waals surface area contributed by atoms with Gasteiger partial charge in [0.05, 0.1) is 12.0 Å². The molecule has 0 unspecified atom stereocenters. The second-order valence-corrected chi connectivity index (χ2v) is 4.26. The molecule has 6 heteroatoms. The number of hydrogen-bond donors (Lipinski definition) is 0. The average Bonchev–Trinajstić information content (AvgIpc) is 2.53. The summed E-state index contributed by atoms with van der Waals surface area (Å²) in [7, 11) is 1.48. The van der Waals surface area contributed by atoms with Crippen LogP contribution in [0.25, 0.3) is 6.08 Å². The molecule has 6 nitrogen and oxygen atoms in total. The summed E-state index contributed by atoms with van der Waals surface area (Å²) >= 11 is 0. The number of benzene rings is 2. The highest BCUT2D eigenvalue weighted by Crippen LogP contribution is 2.26. The molecule has 0 amide bonds. The van der Waals surface area contributed by atoms with E-state index in [0.29, 0.717) is 17.1 Å². The summed E-state index contributed by atoms with van der Waals surface area (Å²) in [5.74, 6) is 0.147.